The Morgan fingerprint density at radius 2 is 1.65 bits per heavy atom. The molecule has 0 fully saturated rings. The van der Waals surface area contributed by atoms with Crippen LogP contribution in [0.1, 0.15) is 36.7 Å². The van der Waals surface area contributed by atoms with Gasteiger partial charge in [0.15, 0.2) is 0 Å². The number of benzene rings is 3. The number of hydrogen-bond acceptors (Lipinski definition) is 4. The monoisotopic (exact) mass is 456 g/mol. The van der Waals surface area contributed by atoms with Crippen LogP contribution in [0.5, 0.6) is 5.75 Å². The highest BCUT2D eigenvalue weighted by Gasteiger charge is 2.22. The first-order valence-corrected chi connectivity index (χ1v) is 11.3. The summed E-state index contributed by atoms with van der Waals surface area (Å²) in [6, 6.07) is 22.6. The van der Waals surface area contributed by atoms with Gasteiger partial charge in [0.25, 0.3) is 5.91 Å². The predicted molar refractivity (Wildman–Crippen MR) is 134 cm³/mol. The van der Waals surface area contributed by atoms with E-state index in [4.69, 9.17) is 9.15 Å². The lowest BCUT2D eigenvalue weighted by Crippen LogP contribution is -2.27. The number of ether oxygens (including phenoxy) is 1. The molecule has 0 aliphatic heterocycles. The lowest BCUT2D eigenvalue weighted by Gasteiger charge is -2.10. The molecule has 0 saturated carbocycles. The first-order valence-electron chi connectivity index (χ1n) is 11.3. The maximum atomic E-state index is 13.0. The van der Waals surface area contributed by atoms with Crippen molar-refractivity contribution in [1.82, 2.24) is 5.32 Å². The van der Waals surface area contributed by atoms with Gasteiger partial charge in [0, 0.05) is 30.1 Å². The third kappa shape index (κ3) is 5.46. The molecule has 4 rings (SSSR count). The van der Waals surface area contributed by atoms with Crippen LogP contribution in [-0.4, -0.2) is 18.4 Å². The van der Waals surface area contributed by atoms with Gasteiger partial charge in [-0.3, -0.25) is 9.59 Å². The van der Waals surface area contributed by atoms with Crippen molar-refractivity contribution in [3.05, 3.63) is 83.9 Å². The van der Waals surface area contributed by atoms with Crippen LogP contribution in [-0.2, 0) is 11.4 Å². The number of nitrogens with one attached hydrogen (secondary N) is 2. The average Bonchev–Trinajstić information content (AvgIpc) is 3.22. The maximum Gasteiger partial charge on any atom is 0.255 e. The summed E-state index contributed by atoms with van der Waals surface area (Å²) in [5.74, 6) is 1.37. The van der Waals surface area contributed by atoms with Crippen LogP contribution in [0.2, 0.25) is 0 Å². The fraction of sp³-hybridized carbons (Fsp3) is 0.214. The Labute approximate surface area is 198 Å². The molecular weight excluding hydrogens is 428 g/mol. The first-order chi connectivity index (χ1) is 16.4. The molecule has 1 aromatic heterocycles. The summed E-state index contributed by atoms with van der Waals surface area (Å²) in [6.45, 7) is 6.58. The van der Waals surface area contributed by atoms with E-state index in [1.54, 1.807) is 12.1 Å². The van der Waals surface area contributed by atoms with Gasteiger partial charge in [-0.15, -0.1) is 0 Å². The topological polar surface area (TPSA) is 80.6 Å². The first kappa shape index (κ1) is 23.1. The predicted octanol–water partition coefficient (Wildman–Crippen LogP) is 6.02. The van der Waals surface area contributed by atoms with Crippen molar-refractivity contribution in [3.63, 3.8) is 0 Å². The molecule has 34 heavy (non-hydrogen) atoms. The molecule has 6 heteroatoms. The van der Waals surface area contributed by atoms with Crippen LogP contribution < -0.4 is 15.4 Å². The van der Waals surface area contributed by atoms with Crippen molar-refractivity contribution in [3.8, 4) is 17.1 Å². The second-order valence-corrected chi connectivity index (χ2v) is 8.60. The van der Waals surface area contributed by atoms with Gasteiger partial charge in [-0.05, 0) is 41.8 Å². The minimum absolute atomic E-state index is 0.112. The molecule has 6 nitrogen and oxygen atoms in total. The third-order valence-electron chi connectivity index (χ3n) is 5.29. The molecule has 2 amide bonds. The van der Waals surface area contributed by atoms with Crippen LogP contribution >= 0.6 is 0 Å². The van der Waals surface area contributed by atoms with Gasteiger partial charge in [-0.25, -0.2) is 0 Å². The molecule has 0 aliphatic carbocycles. The molecule has 3 aromatic carbocycles. The molecule has 4 aromatic rings. The second kappa shape index (κ2) is 10.3. The molecule has 174 valence electrons. The third-order valence-corrected chi connectivity index (χ3v) is 5.29. The SMILES string of the molecule is CC(=O)Nc1ccc(OCc2ccc(-c3oc4ccccc4c3C(=O)NCC(C)C)cc2)cc1. The molecule has 0 spiro atoms. The summed E-state index contributed by atoms with van der Waals surface area (Å²) in [7, 11) is 0. The number of amides is 2. The van der Waals surface area contributed by atoms with Crippen molar-refractivity contribution >= 4 is 28.5 Å². The van der Waals surface area contributed by atoms with E-state index in [1.807, 2.05) is 60.7 Å². The Hall–Kier alpha value is -4.06. The minimum Gasteiger partial charge on any atom is -0.489 e. The summed E-state index contributed by atoms with van der Waals surface area (Å²) in [6.07, 6.45) is 0. The number of fused-ring (bicyclic) bond motifs is 1. The van der Waals surface area contributed by atoms with Crippen molar-refractivity contribution in [2.75, 3.05) is 11.9 Å². The van der Waals surface area contributed by atoms with Gasteiger partial charge in [0.2, 0.25) is 5.91 Å². The molecule has 0 saturated heterocycles. The Balaban J connectivity index is 1.51. The summed E-state index contributed by atoms with van der Waals surface area (Å²) in [4.78, 5) is 24.1. The van der Waals surface area contributed by atoms with Gasteiger partial charge < -0.3 is 19.8 Å². The quantitative estimate of drug-likeness (QED) is 0.340. The summed E-state index contributed by atoms with van der Waals surface area (Å²) < 4.78 is 12.0. The summed E-state index contributed by atoms with van der Waals surface area (Å²) in [5, 5.41) is 6.54. The van der Waals surface area contributed by atoms with E-state index >= 15 is 0 Å². The maximum absolute atomic E-state index is 13.0. The van der Waals surface area contributed by atoms with Crippen molar-refractivity contribution in [2.24, 2.45) is 5.92 Å². The number of para-hydroxylation sites is 1. The number of anilines is 1. The van der Waals surface area contributed by atoms with E-state index < -0.39 is 0 Å². The number of furan rings is 1. The highest BCUT2D eigenvalue weighted by Crippen LogP contribution is 2.34. The Kier molecular flexibility index (Phi) is 6.97. The van der Waals surface area contributed by atoms with Gasteiger partial charge in [-0.2, -0.15) is 0 Å². The number of hydrogen-bond donors (Lipinski definition) is 2. The van der Waals surface area contributed by atoms with Crippen LogP contribution in [0, 0.1) is 5.92 Å². The zero-order valence-electron chi connectivity index (χ0n) is 19.6. The number of carbonyl (C=O) groups is 2. The van der Waals surface area contributed by atoms with Gasteiger partial charge in [0.05, 0.1) is 5.56 Å². The van der Waals surface area contributed by atoms with E-state index in [0.717, 1.165) is 22.2 Å². The molecule has 0 atom stereocenters. The normalized spacial score (nSPS) is 10.9. The Morgan fingerprint density at radius 3 is 2.32 bits per heavy atom. The lowest BCUT2D eigenvalue weighted by atomic mass is 10.0. The van der Waals surface area contributed by atoms with Crippen LogP contribution in [0.3, 0.4) is 0 Å². The second-order valence-electron chi connectivity index (χ2n) is 8.60. The highest BCUT2D eigenvalue weighted by molar-refractivity contribution is 6.11. The van der Waals surface area contributed by atoms with Crippen molar-refractivity contribution < 1.29 is 18.7 Å². The van der Waals surface area contributed by atoms with Crippen LogP contribution in [0.15, 0.2) is 77.2 Å². The van der Waals surface area contributed by atoms with Gasteiger partial charge in [0.1, 0.15) is 23.7 Å². The average molecular weight is 457 g/mol. The van der Waals surface area contributed by atoms with Gasteiger partial charge >= 0.3 is 0 Å². The standard InChI is InChI=1S/C28H28N2O4/c1-18(2)16-29-28(32)26-24-6-4-5-7-25(24)34-27(26)21-10-8-20(9-11-21)17-33-23-14-12-22(13-15-23)30-19(3)31/h4-15,18H,16-17H2,1-3H3,(H,29,32)(H,30,31). The van der Waals surface area contributed by atoms with Crippen molar-refractivity contribution in [2.45, 2.75) is 27.4 Å². The van der Waals surface area contributed by atoms with Crippen LogP contribution in [0.25, 0.3) is 22.3 Å². The lowest BCUT2D eigenvalue weighted by molar-refractivity contribution is -0.114. The number of rotatable bonds is 8. The molecule has 2 N–H and O–H groups in total. The smallest absolute Gasteiger partial charge is 0.255 e. The molecule has 0 bridgehead atoms. The van der Waals surface area contributed by atoms with E-state index in [2.05, 4.69) is 24.5 Å². The largest absolute Gasteiger partial charge is 0.489 e. The molecular formula is C28H28N2O4. The molecule has 0 aliphatic rings. The van der Waals surface area contributed by atoms with E-state index in [-0.39, 0.29) is 11.8 Å². The highest BCUT2D eigenvalue weighted by atomic mass is 16.5. The molecule has 1 heterocycles. The van der Waals surface area contributed by atoms with Crippen LogP contribution in [0.4, 0.5) is 5.69 Å². The van der Waals surface area contributed by atoms with E-state index in [1.165, 1.54) is 6.92 Å². The fourth-order valence-corrected chi connectivity index (χ4v) is 3.62. The number of carbonyl (C=O) groups excluding carboxylic acids is 2. The Bertz CT molecular complexity index is 1290. The summed E-state index contributed by atoms with van der Waals surface area (Å²) in [5.41, 5.74) is 3.77. The minimum atomic E-state index is -0.135. The molecule has 0 radical (unpaired) electrons. The zero-order chi connectivity index (χ0) is 24.1. The summed E-state index contributed by atoms with van der Waals surface area (Å²) >= 11 is 0. The fourth-order valence-electron chi connectivity index (χ4n) is 3.62. The van der Waals surface area contributed by atoms with Crippen molar-refractivity contribution in [1.29, 1.82) is 0 Å². The Morgan fingerprint density at radius 1 is 0.941 bits per heavy atom. The van der Waals surface area contributed by atoms with E-state index in [0.29, 0.717) is 41.7 Å². The zero-order valence-corrected chi connectivity index (χ0v) is 19.6. The molecule has 0 unspecified atom stereocenters. The van der Waals surface area contributed by atoms with E-state index in [9.17, 15) is 9.59 Å². The van der Waals surface area contributed by atoms with Gasteiger partial charge in [-0.1, -0.05) is 56.3 Å².